The standard InChI is InChI=1S/C32H36N4O9S/c1-19-25-27(39)32(9-12-35(13-10-32)31(41)34-17-24(37)38)30(40)36(29(25)46-26(19)28-33-11-16-44-28)18-23(45-20-7-14-43-15-8-20)21-5-3-4-6-22(21)42-2/h3-6,11,16,20,23H,7-10,12-15,17-18H2,1-2H3,(H,34,41)(H,37,38)/t23-/m0/s1. The van der Waals surface area contributed by atoms with Gasteiger partial charge in [0, 0.05) is 31.9 Å². The molecule has 3 aliphatic heterocycles. The summed E-state index contributed by atoms with van der Waals surface area (Å²) in [5, 5.41) is 11.8. The van der Waals surface area contributed by atoms with E-state index in [2.05, 4.69) is 10.3 Å². The fourth-order valence-electron chi connectivity index (χ4n) is 6.50. The Labute approximate surface area is 269 Å². The molecule has 2 N–H and O–H groups in total. The first-order valence-corrected chi connectivity index (χ1v) is 16.1. The molecule has 0 saturated carbocycles. The Hall–Kier alpha value is -4.27. The summed E-state index contributed by atoms with van der Waals surface area (Å²) < 4.78 is 23.6. The van der Waals surface area contributed by atoms with Crippen molar-refractivity contribution in [3.8, 4) is 16.5 Å². The smallest absolute Gasteiger partial charge is 0.323 e. The zero-order chi connectivity index (χ0) is 32.4. The van der Waals surface area contributed by atoms with Crippen molar-refractivity contribution in [3.05, 3.63) is 53.4 Å². The van der Waals surface area contributed by atoms with E-state index < -0.39 is 30.1 Å². The highest BCUT2D eigenvalue weighted by molar-refractivity contribution is 7.20. The third-order valence-electron chi connectivity index (χ3n) is 8.97. The highest BCUT2D eigenvalue weighted by Gasteiger charge is 2.56. The molecule has 2 aromatic heterocycles. The number of carboxylic acid groups (broad SMARTS) is 1. The van der Waals surface area contributed by atoms with Gasteiger partial charge in [-0.2, -0.15) is 0 Å². The van der Waals surface area contributed by atoms with Gasteiger partial charge < -0.3 is 34.0 Å². The number of benzene rings is 1. The zero-order valence-corrected chi connectivity index (χ0v) is 26.5. The third-order valence-corrected chi connectivity index (χ3v) is 10.3. The Kier molecular flexibility index (Phi) is 9.11. The molecular weight excluding hydrogens is 616 g/mol. The van der Waals surface area contributed by atoms with Crippen molar-refractivity contribution < 1.29 is 42.9 Å². The van der Waals surface area contributed by atoms with Gasteiger partial charge in [-0.25, -0.2) is 9.78 Å². The number of ketones is 1. The van der Waals surface area contributed by atoms with E-state index in [1.54, 1.807) is 12.0 Å². The summed E-state index contributed by atoms with van der Waals surface area (Å²) in [4.78, 5) is 60.9. The number of piperidine rings is 1. The Morgan fingerprint density at radius 2 is 1.93 bits per heavy atom. The molecule has 5 heterocycles. The van der Waals surface area contributed by atoms with E-state index in [9.17, 15) is 19.2 Å². The number of hydrogen-bond donors (Lipinski definition) is 2. The van der Waals surface area contributed by atoms with Gasteiger partial charge in [0.1, 0.15) is 35.1 Å². The van der Waals surface area contributed by atoms with E-state index >= 15 is 0 Å². The zero-order valence-electron chi connectivity index (χ0n) is 25.7. The van der Waals surface area contributed by atoms with Crippen LogP contribution in [0.4, 0.5) is 9.80 Å². The summed E-state index contributed by atoms with van der Waals surface area (Å²) in [5.41, 5.74) is 0.472. The van der Waals surface area contributed by atoms with Crippen molar-refractivity contribution >= 4 is 40.0 Å². The van der Waals surface area contributed by atoms with Gasteiger partial charge in [0.05, 0.1) is 36.4 Å². The van der Waals surface area contributed by atoms with Gasteiger partial charge in [-0.1, -0.05) is 18.2 Å². The maximum absolute atomic E-state index is 14.8. The number of urea groups is 1. The van der Waals surface area contributed by atoms with Crippen molar-refractivity contribution in [3.63, 3.8) is 0 Å². The van der Waals surface area contributed by atoms with Crippen molar-refractivity contribution in [2.75, 3.05) is 51.4 Å². The number of carbonyl (C=O) groups is 4. The van der Waals surface area contributed by atoms with Crippen LogP contribution < -0.4 is 15.0 Å². The molecule has 1 atom stereocenters. The number of Topliss-reactive ketones (excluding diaryl/α,β-unsaturated/α-hetero) is 1. The van der Waals surface area contributed by atoms with Gasteiger partial charge in [0.2, 0.25) is 11.8 Å². The number of anilines is 1. The van der Waals surface area contributed by atoms with E-state index in [1.807, 2.05) is 31.2 Å². The summed E-state index contributed by atoms with van der Waals surface area (Å²) in [7, 11) is 1.59. The predicted octanol–water partition coefficient (Wildman–Crippen LogP) is 4.06. The molecule has 46 heavy (non-hydrogen) atoms. The molecular formula is C32H36N4O9S. The minimum atomic E-state index is -1.42. The second-order valence-electron chi connectivity index (χ2n) is 11.6. The molecule has 14 heteroatoms. The largest absolute Gasteiger partial charge is 0.496 e. The average molecular weight is 653 g/mol. The van der Waals surface area contributed by atoms with Crippen LogP contribution in [-0.4, -0.2) is 91.3 Å². The Balaban J connectivity index is 1.39. The van der Waals surface area contributed by atoms with Crippen molar-refractivity contribution in [2.45, 2.75) is 44.8 Å². The Bertz CT molecular complexity index is 1610. The number of nitrogens with zero attached hydrogens (tertiary/aromatic N) is 3. The number of oxazole rings is 1. The Morgan fingerprint density at radius 1 is 1.20 bits per heavy atom. The average Bonchev–Trinajstić information content (AvgIpc) is 3.73. The topological polar surface area (TPSA) is 161 Å². The number of fused-ring (bicyclic) bond motifs is 1. The van der Waals surface area contributed by atoms with Crippen LogP contribution in [0.1, 0.15) is 53.3 Å². The Morgan fingerprint density at radius 3 is 2.61 bits per heavy atom. The summed E-state index contributed by atoms with van der Waals surface area (Å²) in [6.07, 6.45) is 3.90. The fraction of sp³-hybridized carbons (Fsp3) is 0.469. The molecule has 3 aliphatic rings. The molecule has 2 saturated heterocycles. The predicted molar refractivity (Wildman–Crippen MR) is 166 cm³/mol. The number of amides is 3. The minimum Gasteiger partial charge on any atom is -0.496 e. The van der Waals surface area contributed by atoms with Crippen LogP contribution in [0.5, 0.6) is 5.75 Å². The number of methoxy groups -OCH3 is 1. The summed E-state index contributed by atoms with van der Waals surface area (Å²) in [6.45, 7) is 2.80. The third kappa shape index (κ3) is 5.87. The molecule has 1 aromatic carbocycles. The van der Waals surface area contributed by atoms with E-state index in [0.29, 0.717) is 58.7 Å². The molecule has 0 unspecified atom stereocenters. The molecule has 6 rings (SSSR count). The molecule has 3 amide bonds. The van der Waals surface area contributed by atoms with E-state index in [0.717, 1.165) is 5.56 Å². The lowest BCUT2D eigenvalue weighted by molar-refractivity contribution is -0.135. The van der Waals surface area contributed by atoms with Crippen LogP contribution in [-0.2, 0) is 19.1 Å². The maximum atomic E-state index is 14.8. The molecule has 0 radical (unpaired) electrons. The molecule has 1 spiro atoms. The van der Waals surface area contributed by atoms with Gasteiger partial charge in [-0.15, -0.1) is 11.3 Å². The van der Waals surface area contributed by atoms with Crippen LogP contribution in [0.15, 0.2) is 41.1 Å². The van der Waals surface area contributed by atoms with Gasteiger partial charge in [0.15, 0.2) is 5.78 Å². The van der Waals surface area contributed by atoms with Gasteiger partial charge >= 0.3 is 12.0 Å². The number of thiophene rings is 1. The van der Waals surface area contributed by atoms with Crippen LogP contribution in [0.25, 0.3) is 10.8 Å². The number of hydrogen-bond acceptors (Lipinski definition) is 10. The number of likely N-dealkylation sites (tertiary alicyclic amines) is 1. The summed E-state index contributed by atoms with van der Waals surface area (Å²) in [5.74, 6) is -0.828. The monoisotopic (exact) mass is 652 g/mol. The first-order valence-electron chi connectivity index (χ1n) is 15.2. The number of ether oxygens (including phenoxy) is 3. The van der Waals surface area contributed by atoms with Crippen LogP contribution in [0.2, 0.25) is 0 Å². The van der Waals surface area contributed by atoms with E-state index in [-0.39, 0.29) is 50.3 Å². The summed E-state index contributed by atoms with van der Waals surface area (Å²) in [6, 6.07) is 6.99. The van der Waals surface area contributed by atoms with E-state index in [4.69, 9.17) is 23.7 Å². The fourth-order valence-corrected chi connectivity index (χ4v) is 7.75. The van der Waals surface area contributed by atoms with E-state index in [1.165, 1.54) is 28.7 Å². The first-order chi connectivity index (χ1) is 22.2. The highest BCUT2D eigenvalue weighted by Crippen LogP contribution is 2.52. The van der Waals surface area contributed by atoms with Gasteiger partial charge in [0.25, 0.3) is 0 Å². The number of rotatable bonds is 9. The molecule has 244 valence electrons. The first kappa shape index (κ1) is 31.7. The van der Waals surface area contributed by atoms with Crippen LogP contribution in [0.3, 0.4) is 0 Å². The second-order valence-corrected chi connectivity index (χ2v) is 12.6. The number of aliphatic carboxylic acids is 1. The van der Waals surface area contributed by atoms with Crippen molar-refractivity contribution in [2.24, 2.45) is 5.41 Å². The minimum absolute atomic E-state index is 0.0882. The number of aromatic nitrogens is 1. The van der Waals surface area contributed by atoms with Crippen LogP contribution >= 0.6 is 11.3 Å². The second kappa shape index (κ2) is 13.2. The molecule has 13 nitrogen and oxygen atoms in total. The lowest BCUT2D eigenvalue weighted by atomic mass is 9.69. The molecule has 3 aromatic rings. The quantitative estimate of drug-likeness (QED) is 0.323. The highest BCUT2D eigenvalue weighted by atomic mass is 32.1. The number of nitrogens with one attached hydrogen (secondary N) is 1. The lowest BCUT2D eigenvalue weighted by Gasteiger charge is -2.45. The molecule has 0 bridgehead atoms. The number of carbonyl (C=O) groups excluding carboxylic acids is 3. The van der Waals surface area contributed by atoms with Gasteiger partial charge in [-0.05, 0) is 44.2 Å². The van der Waals surface area contributed by atoms with Gasteiger partial charge in [-0.3, -0.25) is 19.3 Å². The normalized spacial score (nSPS) is 18.8. The number of para-hydroxylation sites is 1. The molecule has 0 aliphatic carbocycles. The molecule has 2 fully saturated rings. The van der Waals surface area contributed by atoms with Crippen molar-refractivity contribution in [1.29, 1.82) is 0 Å². The van der Waals surface area contributed by atoms with Crippen LogP contribution in [0, 0.1) is 12.3 Å². The number of carboxylic acids is 1. The summed E-state index contributed by atoms with van der Waals surface area (Å²) >= 11 is 1.28. The lowest BCUT2D eigenvalue weighted by Crippen LogP contribution is -2.59. The SMILES string of the molecule is COc1ccccc1[C@H](CN1C(=O)C2(CCN(C(=O)NCC(=O)O)CC2)C(=O)c2c1sc(-c1ncco1)c2C)OC1CCOCC1. The maximum Gasteiger partial charge on any atom is 0.323 e. The van der Waals surface area contributed by atoms with Crippen molar-refractivity contribution in [1.82, 2.24) is 15.2 Å².